The molecule has 15 heavy (non-hydrogen) atoms. The van der Waals surface area contributed by atoms with Gasteiger partial charge in [0.05, 0.1) is 0 Å². The zero-order valence-corrected chi connectivity index (χ0v) is 8.99. The third-order valence-electron chi connectivity index (χ3n) is 2.47. The van der Waals surface area contributed by atoms with Crippen LogP contribution in [0.3, 0.4) is 0 Å². The van der Waals surface area contributed by atoms with Gasteiger partial charge < -0.3 is 4.90 Å². The van der Waals surface area contributed by atoms with Gasteiger partial charge in [0, 0.05) is 19.7 Å². The van der Waals surface area contributed by atoms with Crippen LogP contribution in [0.15, 0.2) is 42.5 Å². The number of nitrogens with zero attached hydrogens (tertiary/aromatic N) is 1. The maximum Gasteiger partial charge on any atom is 0.127 e. The van der Waals surface area contributed by atoms with Gasteiger partial charge in [-0.2, -0.15) is 0 Å². The van der Waals surface area contributed by atoms with Crippen molar-refractivity contribution in [2.45, 2.75) is 0 Å². The molecule has 0 saturated carbocycles. The van der Waals surface area contributed by atoms with E-state index in [-0.39, 0.29) is 0 Å². The van der Waals surface area contributed by atoms with Crippen molar-refractivity contribution in [3.8, 4) is 0 Å². The Balaban J connectivity index is 2.52. The van der Waals surface area contributed by atoms with Crippen LogP contribution in [0.4, 0.5) is 0 Å². The predicted octanol–water partition coefficient (Wildman–Crippen LogP) is 2.73. The molecule has 2 aromatic carbocycles. The summed E-state index contributed by atoms with van der Waals surface area (Å²) >= 11 is 0. The molecule has 0 amide bonds. The van der Waals surface area contributed by atoms with Gasteiger partial charge in [-0.3, -0.25) is 5.41 Å². The summed E-state index contributed by atoms with van der Waals surface area (Å²) in [6.45, 7) is 0. The van der Waals surface area contributed by atoms with Crippen molar-refractivity contribution in [2.24, 2.45) is 0 Å². The topological polar surface area (TPSA) is 27.1 Å². The van der Waals surface area contributed by atoms with Crippen molar-refractivity contribution in [1.29, 1.82) is 5.41 Å². The van der Waals surface area contributed by atoms with E-state index in [2.05, 4.69) is 24.3 Å². The van der Waals surface area contributed by atoms with Crippen molar-refractivity contribution in [3.63, 3.8) is 0 Å². The monoisotopic (exact) mass is 198 g/mol. The summed E-state index contributed by atoms with van der Waals surface area (Å²) in [6.07, 6.45) is 0. The van der Waals surface area contributed by atoms with Crippen molar-refractivity contribution in [3.05, 3.63) is 48.0 Å². The highest BCUT2D eigenvalue weighted by molar-refractivity contribution is 5.99. The lowest BCUT2D eigenvalue weighted by atomic mass is 10.1. The standard InChI is InChI=1S/C13H14N2/c1-15(2)13(14)12-8-7-10-5-3-4-6-11(10)9-12/h3-9,14H,1-2H3. The maximum absolute atomic E-state index is 7.89. The molecule has 0 atom stereocenters. The van der Waals surface area contributed by atoms with Gasteiger partial charge in [-0.05, 0) is 16.8 Å². The van der Waals surface area contributed by atoms with Crippen LogP contribution >= 0.6 is 0 Å². The number of hydrogen-bond donors (Lipinski definition) is 1. The predicted molar refractivity (Wildman–Crippen MR) is 64.5 cm³/mol. The molecule has 2 aromatic rings. The number of hydrogen-bond acceptors (Lipinski definition) is 1. The van der Waals surface area contributed by atoms with E-state index >= 15 is 0 Å². The van der Waals surface area contributed by atoms with E-state index in [0.717, 1.165) is 5.56 Å². The number of fused-ring (bicyclic) bond motifs is 1. The molecule has 0 unspecified atom stereocenters. The van der Waals surface area contributed by atoms with Crippen LogP contribution < -0.4 is 0 Å². The first-order valence-corrected chi connectivity index (χ1v) is 4.93. The van der Waals surface area contributed by atoms with Crippen LogP contribution in [0.2, 0.25) is 0 Å². The molecule has 0 radical (unpaired) electrons. The summed E-state index contributed by atoms with van der Waals surface area (Å²) in [7, 11) is 3.77. The van der Waals surface area contributed by atoms with E-state index in [1.807, 2.05) is 37.2 Å². The number of benzene rings is 2. The average molecular weight is 198 g/mol. The van der Waals surface area contributed by atoms with Gasteiger partial charge in [-0.15, -0.1) is 0 Å². The quantitative estimate of drug-likeness (QED) is 0.553. The third kappa shape index (κ3) is 1.84. The third-order valence-corrected chi connectivity index (χ3v) is 2.47. The van der Waals surface area contributed by atoms with E-state index in [1.165, 1.54) is 10.8 Å². The molecule has 1 N–H and O–H groups in total. The molecule has 0 heterocycles. The SMILES string of the molecule is CN(C)C(=N)c1ccc2ccccc2c1. The Morgan fingerprint density at radius 2 is 1.67 bits per heavy atom. The molecule has 0 aliphatic rings. The van der Waals surface area contributed by atoms with E-state index < -0.39 is 0 Å². The molecule has 2 nitrogen and oxygen atoms in total. The van der Waals surface area contributed by atoms with Crippen molar-refractivity contribution >= 4 is 16.6 Å². The Kier molecular flexibility index (Phi) is 2.42. The number of amidine groups is 1. The van der Waals surface area contributed by atoms with Crippen LogP contribution in [0.1, 0.15) is 5.56 Å². The van der Waals surface area contributed by atoms with Gasteiger partial charge in [0.1, 0.15) is 5.84 Å². The Labute approximate surface area is 89.7 Å². The Morgan fingerprint density at radius 1 is 1.00 bits per heavy atom. The summed E-state index contributed by atoms with van der Waals surface area (Å²) in [5.41, 5.74) is 0.957. The zero-order valence-electron chi connectivity index (χ0n) is 8.99. The van der Waals surface area contributed by atoms with Crippen molar-refractivity contribution < 1.29 is 0 Å². The van der Waals surface area contributed by atoms with E-state index in [1.54, 1.807) is 0 Å². The Bertz CT molecular complexity index is 501. The van der Waals surface area contributed by atoms with Crippen LogP contribution in [-0.2, 0) is 0 Å². The average Bonchev–Trinajstić information content (AvgIpc) is 2.27. The second-order valence-electron chi connectivity index (χ2n) is 3.80. The lowest BCUT2D eigenvalue weighted by Crippen LogP contribution is -2.21. The van der Waals surface area contributed by atoms with E-state index in [4.69, 9.17) is 5.41 Å². The fourth-order valence-corrected chi connectivity index (χ4v) is 1.59. The van der Waals surface area contributed by atoms with Crippen LogP contribution in [0.25, 0.3) is 10.8 Å². The largest absolute Gasteiger partial charge is 0.363 e. The van der Waals surface area contributed by atoms with E-state index in [9.17, 15) is 0 Å². The molecule has 0 aromatic heterocycles. The van der Waals surface area contributed by atoms with Gasteiger partial charge in [-0.25, -0.2) is 0 Å². The molecule has 0 spiro atoms. The lowest BCUT2D eigenvalue weighted by molar-refractivity contribution is 0.619. The molecule has 2 heteroatoms. The van der Waals surface area contributed by atoms with Gasteiger partial charge >= 0.3 is 0 Å². The minimum absolute atomic E-state index is 0.542. The molecule has 76 valence electrons. The molecular weight excluding hydrogens is 184 g/mol. The summed E-state index contributed by atoms with van der Waals surface area (Å²) in [5, 5.41) is 10.3. The molecule has 0 fully saturated rings. The Hall–Kier alpha value is -1.83. The molecule has 0 bridgehead atoms. The highest BCUT2D eigenvalue weighted by atomic mass is 15.1. The minimum atomic E-state index is 0.542. The first kappa shape index (κ1) is 9.71. The number of rotatable bonds is 1. The molecule has 0 aliphatic carbocycles. The van der Waals surface area contributed by atoms with Crippen LogP contribution in [0.5, 0.6) is 0 Å². The lowest BCUT2D eigenvalue weighted by Gasteiger charge is -2.13. The first-order valence-electron chi connectivity index (χ1n) is 4.93. The van der Waals surface area contributed by atoms with Gasteiger partial charge in [0.25, 0.3) is 0 Å². The molecule has 2 rings (SSSR count). The van der Waals surface area contributed by atoms with Crippen molar-refractivity contribution in [1.82, 2.24) is 4.90 Å². The highest BCUT2D eigenvalue weighted by Gasteiger charge is 2.03. The van der Waals surface area contributed by atoms with Gasteiger partial charge in [-0.1, -0.05) is 36.4 Å². The smallest absolute Gasteiger partial charge is 0.127 e. The van der Waals surface area contributed by atoms with Crippen LogP contribution in [-0.4, -0.2) is 24.8 Å². The second-order valence-corrected chi connectivity index (χ2v) is 3.80. The molecule has 0 aliphatic heterocycles. The second kappa shape index (κ2) is 3.73. The maximum atomic E-state index is 7.89. The summed E-state index contributed by atoms with van der Waals surface area (Å²) in [4.78, 5) is 1.81. The highest BCUT2D eigenvalue weighted by Crippen LogP contribution is 2.16. The number of nitrogens with one attached hydrogen (secondary N) is 1. The van der Waals surface area contributed by atoms with Gasteiger partial charge in [0.15, 0.2) is 0 Å². The van der Waals surface area contributed by atoms with E-state index in [0.29, 0.717) is 5.84 Å². The zero-order chi connectivity index (χ0) is 10.8. The first-order chi connectivity index (χ1) is 7.18. The fourth-order valence-electron chi connectivity index (χ4n) is 1.59. The molecular formula is C13H14N2. The van der Waals surface area contributed by atoms with Crippen molar-refractivity contribution in [2.75, 3.05) is 14.1 Å². The molecule has 0 saturated heterocycles. The minimum Gasteiger partial charge on any atom is -0.363 e. The normalized spacial score (nSPS) is 10.3. The summed E-state index contributed by atoms with van der Waals surface area (Å²) in [6, 6.07) is 14.3. The fraction of sp³-hybridized carbons (Fsp3) is 0.154. The van der Waals surface area contributed by atoms with Gasteiger partial charge in [0.2, 0.25) is 0 Å². The Morgan fingerprint density at radius 3 is 2.33 bits per heavy atom. The summed E-state index contributed by atoms with van der Waals surface area (Å²) in [5.74, 6) is 0.542. The summed E-state index contributed by atoms with van der Waals surface area (Å²) < 4.78 is 0. The van der Waals surface area contributed by atoms with Crippen LogP contribution in [0, 0.1) is 5.41 Å².